The number of hydrogen-bond donors (Lipinski definition) is 2. The van der Waals surface area contributed by atoms with Gasteiger partial charge in [-0.2, -0.15) is 0 Å². The van der Waals surface area contributed by atoms with E-state index in [2.05, 4.69) is 5.32 Å². The Morgan fingerprint density at radius 3 is 2.67 bits per heavy atom. The second-order valence-electron chi connectivity index (χ2n) is 4.29. The molecule has 0 saturated carbocycles. The molecule has 0 heterocycles. The Morgan fingerprint density at radius 1 is 1.33 bits per heavy atom. The average Bonchev–Trinajstić information content (AvgIpc) is 2.48. The van der Waals surface area contributed by atoms with Gasteiger partial charge in [0, 0.05) is 0 Å². The summed E-state index contributed by atoms with van der Waals surface area (Å²) in [5.41, 5.74) is 0.616. The number of hydrogen-bond acceptors (Lipinski definition) is 4. The first kappa shape index (κ1) is 15.1. The third-order valence-corrected chi connectivity index (χ3v) is 3.22. The van der Waals surface area contributed by atoms with Crippen molar-refractivity contribution in [2.24, 2.45) is 0 Å². The van der Waals surface area contributed by atoms with Gasteiger partial charge in [-0.1, -0.05) is 29.8 Å². The van der Waals surface area contributed by atoms with Gasteiger partial charge in [-0.05, 0) is 29.8 Å². The number of aromatic hydroxyl groups is 1. The van der Waals surface area contributed by atoms with E-state index in [1.54, 1.807) is 12.1 Å². The lowest BCUT2D eigenvalue weighted by Gasteiger charge is -2.19. The van der Waals surface area contributed by atoms with E-state index >= 15 is 0 Å². The summed E-state index contributed by atoms with van der Waals surface area (Å²) in [7, 11) is 1.24. The second-order valence-corrected chi connectivity index (χ2v) is 4.70. The molecule has 6 heteroatoms. The van der Waals surface area contributed by atoms with Crippen molar-refractivity contribution in [3.63, 3.8) is 0 Å². The highest BCUT2D eigenvalue weighted by Gasteiger charge is 2.23. The first-order valence-corrected chi connectivity index (χ1v) is 6.48. The standard InChI is InChI=1S/C15H13ClFNO3/c1-21-15(20)14(9-6-7-13(19)10(16)8-9)18-12-5-3-2-4-11(12)17/h2-8,14,18-19H,1H3. The zero-order valence-electron chi connectivity index (χ0n) is 11.1. The molecular weight excluding hydrogens is 297 g/mol. The van der Waals surface area contributed by atoms with Crippen molar-refractivity contribution in [3.05, 3.63) is 58.9 Å². The molecule has 0 aliphatic heterocycles. The van der Waals surface area contributed by atoms with Crippen LogP contribution in [0.4, 0.5) is 10.1 Å². The Balaban J connectivity index is 2.37. The lowest BCUT2D eigenvalue weighted by molar-refractivity contribution is -0.141. The van der Waals surface area contributed by atoms with Crippen LogP contribution in [-0.2, 0) is 9.53 Å². The molecule has 1 atom stereocenters. The van der Waals surface area contributed by atoms with Crippen LogP contribution >= 0.6 is 11.6 Å². The summed E-state index contributed by atoms with van der Waals surface area (Å²) >= 11 is 5.84. The Kier molecular flexibility index (Phi) is 4.65. The molecule has 0 amide bonds. The van der Waals surface area contributed by atoms with Gasteiger partial charge in [0.15, 0.2) is 6.04 Å². The van der Waals surface area contributed by atoms with Gasteiger partial charge in [0.25, 0.3) is 0 Å². The van der Waals surface area contributed by atoms with Gasteiger partial charge in [-0.15, -0.1) is 0 Å². The summed E-state index contributed by atoms with van der Waals surface area (Å²) in [6, 6.07) is 9.33. The molecule has 0 aliphatic carbocycles. The molecule has 0 aliphatic rings. The number of methoxy groups -OCH3 is 1. The fourth-order valence-electron chi connectivity index (χ4n) is 1.83. The molecule has 0 aromatic heterocycles. The number of nitrogens with one attached hydrogen (secondary N) is 1. The number of phenolic OH excluding ortho intramolecular Hbond substituents is 1. The number of rotatable bonds is 4. The van der Waals surface area contributed by atoms with Crippen molar-refractivity contribution in [3.8, 4) is 5.75 Å². The van der Waals surface area contributed by atoms with E-state index in [-0.39, 0.29) is 16.5 Å². The Labute approximate surface area is 126 Å². The monoisotopic (exact) mass is 309 g/mol. The number of phenols is 1. The summed E-state index contributed by atoms with van der Waals surface area (Å²) in [5, 5.41) is 12.3. The number of para-hydroxylation sites is 1. The topological polar surface area (TPSA) is 58.6 Å². The maximum atomic E-state index is 13.7. The van der Waals surface area contributed by atoms with E-state index in [0.717, 1.165) is 0 Å². The van der Waals surface area contributed by atoms with Crippen molar-refractivity contribution in [2.45, 2.75) is 6.04 Å². The summed E-state index contributed by atoms with van der Waals surface area (Å²) < 4.78 is 18.4. The third kappa shape index (κ3) is 3.44. The lowest BCUT2D eigenvalue weighted by Crippen LogP contribution is -2.22. The van der Waals surface area contributed by atoms with Crippen LogP contribution in [0.2, 0.25) is 5.02 Å². The Bertz CT molecular complexity index is 663. The molecule has 2 rings (SSSR count). The molecule has 4 nitrogen and oxygen atoms in total. The average molecular weight is 310 g/mol. The molecule has 1 unspecified atom stereocenters. The van der Waals surface area contributed by atoms with Crippen molar-refractivity contribution < 1.29 is 19.0 Å². The second kappa shape index (κ2) is 6.45. The number of carbonyl (C=O) groups is 1. The SMILES string of the molecule is COC(=O)C(Nc1ccccc1F)c1ccc(O)c(Cl)c1. The number of benzene rings is 2. The molecule has 0 bridgehead atoms. The van der Waals surface area contributed by atoms with E-state index in [4.69, 9.17) is 16.3 Å². The molecular formula is C15H13ClFNO3. The van der Waals surface area contributed by atoms with E-state index in [9.17, 15) is 14.3 Å². The van der Waals surface area contributed by atoms with Crippen LogP contribution in [0.15, 0.2) is 42.5 Å². The van der Waals surface area contributed by atoms with Gasteiger partial charge < -0.3 is 15.2 Å². The lowest BCUT2D eigenvalue weighted by atomic mass is 10.1. The minimum Gasteiger partial charge on any atom is -0.506 e. The summed E-state index contributed by atoms with van der Waals surface area (Å²) in [5.74, 6) is -1.19. The normalized spacial score (nSPS) is 11.8. The summed E-state index contributed by atoms with van der Waals surface area (Å²) in [4.78, 5) is 11.9. The van der Waals surface area contributed by atoms with Crippen LogP contribution in [0.3, 0.4) is 0 Å². The van der Waals surface area contributed by atoms with Crippen LogP contribution in [0.25, 0.3) is 0 Å². The Morgan fingerprint density at radius 2 is 2.05 bits per heavy atom. The van der Waals surface area contributed by atoms with E-state index < -0.39 is 17.8 Å². The van der Waals surface area contributed by atoms with Gasteiger partial charge >= 0.3 is 5.97 Å². The van der Waals surface area contributed by atoms with E-state index in [1.807, 2.05) is 0 Å². The van der Waals surface area contributed by atoms with Crippen LogP contribution in [0.5, 0.6) is 5.75 Å². The number of carbonyl (C=O) groups excluding carboxylic acids is 1. The summed E-state index contributed by atoms with van der Waals surface area (Å²) in [6.07, 6.45) is 0. The molecule has 2 N–H and O–H groups in total. The first-order valence-electron chi connectivity index (χ1n) is 6.10. The van der Waals surface area contributed by atoms with Crippen LogP contribution in [0, 0.1) is 5.82 Å². The predicted octanol–water partition coefficient (Wildman–Crippen LogP) is 3.51. The van der Waals surface area contributed by atoms with Crippen LogP contribution < -0.4 is 5.32 Å². The van der Waals surface area contributed by atoms with Crippen molar-refractivity contribution >= 4 is 23.3 Å². The van der Waals surface area contributed by atoms with Crippen molar-refractivity contribution in [2.75, 3.05) is 12.4 Å². The number of halogens is 2. The largest absolute Gasteiger partial charge is 0.506 e. The number of ether oxygens (including phenoxy) is 1. The smallest absolute Gasteiger partial charge is 0.332 e. The van der Waals surface area contributed by atoms with Gasteiger partial charge in [0.2, 0.25) is 0 Å². The molecule has 0 fully saturated rings. The Hall–Kier alpha value is -2.27. The summed E-state index contributed by atoms with van der Waals surface area (Å²) in [6.45, 7) is 0. The fourth-order valence-corrected chi connectivity index (χ4v) is 2.02. The van der Waals surface area contributed by atoms with Gasteiger partial charge in [0.1, 0.15) is 11.6 Å². The molecule has 110 valence electrons. The third-order valence-electron chi connectivity index (χ3n) is 2.92. The van der Waals surface area contributed by atoms with Gasteiger partial charge in [0.05, 0.1) is 17.8 Å². The molecule has 2 aromatic carbocycles. The minimum atomic E-state index is -0.940. The zero-order valence-corrected chi connectivity index (χ0v) is 11.9. The number of anilines is 1. The molecule has 0 saturated heterocycles. The molecule has 0 spiro atoms. The maximum absolute atomic E-state index is 13.7. The number of esters is 1. The van der Waals surface area contributed by atoms with Crippen LogP contribution in [-0.4, -0.2) is 18.2 Å². The van der Waals surface area contributed by atoms with Gasteiger partial charge in [-0.25, -0.2) is 9.18 Å². The molecule has 2 aromatic rings. The fraction of sp³-hybridized carbons (Fsp3) is 0.133. The maximum Gasteiger partial charge on any atom is 0.332 e. The van der Waals surface area contributed by atoms with E-state index in [1.165, 1.54) is 37.4 Å². The highest BCUT2D eigenvalue weighted by Crippen LogP contribution is 2.29. The van der Waals surface area contributed by atoms with E-state index in [0.29, 0.717) is 5.56 Å². The van der Waals surface area contributed by atoms with Crippen molar-refractivity contribution in [1.29, 1.82) is 0 Å². The van der Waals surface area contributed by atoms with Gasteiger partial charge in [-0.3, -0.25) is 0 Å². The quantitative estimate of drug-likeness (QED) is 0.849. The molecule has 0 radical (unpaired) electrons. The highest BCUT2D eigenvalue weighted by molar-refractivity contribution is 6.32. The zero-order chi connectivity index (χ0) is 15.4. The van der Waals surface area contributed by atoms with Crippen molar-refractivity contribution in [1.82, 2.24) is 0 Å². The minimum absolute atomic E-state index is 0.0942. The first-order chi connectivity index (χ1) is 10.0. The predicted molar refractivity (Wildman–Crippen MR) is 77.9 cm³/mol. The highest BCUT2D eigenvalue weighted by atomic mass is 35.5. The molecule has 21 heavy (non-hydrogen) atoms. The van der Waals surface area contributed by atoms with Crippen LogP contribution in [0.1, 0.15) is 11.6 Å².